The van der Waals surface area contributed by atoms with E-state index in [4.69, 9.17) is 11.6 Å². The Bertz CT molecular complexity index is 1150. The Morgan fingerprint density at radius 1 is 1.11 bits per heavy atom. The molecule has 0 unspecified atom stereocenters. The molecule has 2 aromatic carbocycles. The van der Waals surface area contributed by atoms with Gasteiger partial charge in [0.2, 0.25) is 21.8 Å². The molecule has 0 aromatic heterocycles. The largest absolute Gasteiger partial charge is 0.352 e. The predicted octanol–water partition coefficient (Wildman–Crippen LogP) is 5.12. The molecule has 0 heterocycles. The molecule has 36 heavy (non-hydrogen) atoms. The first-order valence-corrected chi connectivity index (χ1v) is 15.2. The van der Waals surface area contributed by atoms with Gasteiger partial charge in [-0.05, 0) is 55.2 Å². The van der Waals surface area contributed by atoms with E-state index in [0.29, 0.717) is 21.6 Å². The standard InChI is InChI=1S/C26H33BrClN3O4S/c1-3-24(26(33)29-22-9-5-4-6-10-22)30(17-19-12-14-21(28)15-13-19)25(32)18-31(36(2,34)35)23-11-7-8-20(27)16-23/h7-8,11-16,22,24H,3-6,9-10,17-18H2,1-2H3,(H,29,33)/t24-/m0/s1. The molecule has 1 aliphatic rings. The maximum atomic E-state index is 13.7. The fraction of sp³-hybridized carbons (Fsp3) is 0.462. The van der Waals surface area contributed by atoms with Crippen LogP contribution in [0.5, 0.6) is 0 Å². The summed E-state index contributed by atoms with van der Waals surface area (Å²) in [7, 11) is -3.77. The topological polar surface area (TPSA) is 86.8 Å². The maximum absolute atomic E-state index is 13.7. The highest BCUT2D eigenvalue weighted by Crippen LogP contribution is 2.24. The number of benzene rings is 2. The van der Waals surface area contributed by atoms with E-state index in [-0.39, 0.29) is 18.5 Å². The van der Waals surface area contributed by atoms with E-state index < -0.39 is 28.5 Å². The summed E-state index contributed by atoms with van der Waals surface area (Å²) in [5.74, 6) is -0.666. The molecule has 2 aromatic rings. The first kappa shape index (κ1) is 28.5. The molecule has 3 rings (SSSR count). The lowest BCUT2D eigenvalue weighted by Gasteiger charge is -2.34. The lowest BCUT2D eigenvalue weighted by atomic mass is 9.95. The van der Waals surface area contributed by atoms with Gasteiger partial charge in [-0.25, -0.2) is 8.42 Å². The third-order valence-electron chi connectivity index (χ3n) is 6.38. The van der Waals surface area contributed by atoms with E-state index in [1.54, 1.807) is 48.5 Å². The van der Waals surface area contributed by atoms with Gasteiger partial charge in [0.25, 0.3) is 0 Å². The van der Waals surface area contributed by atoms with E-state index in [2.05, 4.69) is 21.2 Å². The summed E-state index contributed by atoms with van der Waals surface area (Å²) in [5, 5.41) is 3.70. The Hall–Kier alpha value is -2.10. The van der Waals surface area contributed by atoms with E-state index >= 15 is 0 Å². The highest BCUT2D eigenvalue weighted by Gasteiger charge is 2.32. The van der Waals surface area contributed by atoms with Gasteiger partial charge in [0.05, 0.1) is 11.9 Å². The summed E-state index contributed by atoms with van der Waals surface area (Å²) in [6, 6.07) is 13.2. The van der Waals surface area contributed by atoms with Crippen molar-refractivity contribution >= 4 is 55.1 Å². The smallest absolute Gasteiger partial charge is 0.244 e. The van der Waals surface area contributed by atoms with Crippen LogP contribution >= 0.6 is 27.5 Å². The number of nitrogens with zero attached hydrogens (tertiary/aromatic N) is 2. The SMILES string of the molecule is CC[C@@H](C(=O)NC1CCCCC1)N(Cc1ccc(Cl)cc1)C(=O)CN(c1cccc(Br)c1)S(C)(=O)=O. The molecule has 0 bridgehead atoms. The monoisotopic (exact) mass is 597 g/mol. The Labute approximate surface area is 227 Å². The summed E-state index contributed by atoms with van der Waals surface area (Å²) >= 11 is 9.40. The Kier molecular flexibility index (Phi) is 10.2. The van der Waals surface area contributed by atoms with Crippen molar-refractivity contribution in [3.05, 3.63) is 63.6 Å². The van der Waals surface area contributed by atoms with Crippen molar-refractivity contribution in [3.8, 4) is 0 Å². The minimum absolute atomic E-state index is 0.0990. The number of anilines is 1. The zero-order valence-corrected chi connectivity index (χ0v) is 23.8. The van der Waals surface area contributed by atoms with Gasteiger partial charge in [-0.3, -0.25) is 13.9 Å². The number of halogens is 2. The molecule has 1 N–H and O–H groups in total. The van der Waals surface area contributed by atoms with Crippen LogP contribution in [0.3, 0.4) is 0 Å². The number of amides is 2. The summed E-state index contributed by atoms with van der Waals surface area (Å²) in [5.41, 5.74) is 1.16. The molecule has 7 nitrogen and oxygen atoms in total. The van der Waals surface area contributed by atoms with Crippen LogP contribution in [0, 0.1) is 0 Å². The number of carbonyl (C=O) groups is 2. The lowest BCUT2D eigenvalue weighted by molar-refractivity contribution is -0.140. The number of hydrogen-bond acceptors (Lipinski definition) is 4. The van der Waals surface area contributed by atoms with Crippen LogP contribution in [0.2, 0.25) is 5.02 Å². The molecule has 1 saturated carbocycles. The van der Waals surface area contributed by atoms with Gasteiger partial charge >= 0.3 is 0 Å². The van der Waals surface area contributed by atoms with Crippen LogP contribution in [0.4, 0.5) is 5.69 Å². The molecule has 0 aliphatic heterocycles. The molecular formula is C26H33BrClN3O4S. The van der Waals surface area contributed by atoms with Gasteiger partial charge in [-0.15, -0.1) is 0 Å². The summed E-state index contributed by atoms with van der Waals surface area (Å²) in [6.07, 6.45) is 6.64. The van der Waals surface area contributed by atoms with Crippen LogP contribution in [0.1, 0.15) is 51.0 Å². The van der Waals surface area contributed by atoms with Gasteiger partial charge in [-0.1, -0.05) is 71.9 Å². The molecule has 0 radical (unpaired) electrons. The van der Waals surface area contributed by atoms with Crippen LogP contribution in [0.25, 0.3) is 0 Å². The number of carbonyl (C=O) groups excluding carboxylic acids is 2. The minimum Gasteiger partial charge on any atom is -0.352 e. The van der Waals surface area contributed by atoms with Crippen LogP contribution in [-0.4, -0.2) is 50.0 Å². The van der Waals surface area contributed by atoms with Gasteiger partial charge in [0.1, 0.15) is 12.6 Å². The van der Waals surface area contributed by atoms with Crippen molar-refractivity contribution in [2.24, 2.45) is 0 Å². The molecule has 196 valence electrons. The van der Waals surface area contributed by atoms with E-state index in [9.17, 15) is 18.0 Å². The molecular weight excluding hydrogens is 566 g/mol. The second kappa shape index (κ2) is 12.9. The normalized spacial score (nSPS) is 15.2. The lowest BCUT2D eigenvalue weighted by Crippen LogP contribution is -2.53. The maximum Gasteiger partial charge on any atom is 0.244 e. The second-order valence-electron chi connectivity index (χ2n) is 9.17. The van der Waals surface area contributed by atoms with Crippen molar-refractivity contribution < 1.29 is 18.0 Å². The van der Waals surface area contributed by atoms with Crippen LogP contribution in [0.15, 0.2) is 53.0 Å². The van der Waals surface area contributed by atoms with Crippen LogP contribution in [-0.2, 0) is 26.2 Å². The first-order chi connectivity index (χ1) is 17.1. The molecule has 10 heteroatoms. The summed E-state index contributed by atoms with van der Waals surface area (Å²) in [6.45, 7) is 1.59. The third kappa shape index (κ3) is 7.95. The van der Waals surface area contributed by atoms with Crippen molar-refractivity contribution in [2.75, 3.05) is 17.1 Å². The summed E-state index contributed by atoms with van der Waals surface area (Å²) < 4.78 is 27.1. The van der Waals surface area contributed by atoms with Crippen molar-refractivity contribution in [2.45, 2.75) is 64.1 Å². The van der Waals surface area contributed by atoms with Crippen molar-refractivity contribution in [1.29, 1.82) is 0 Å². The zero-order chi connectivity index (χ0) is 26.3. The number of rotatable bonds is 10. The van der Waals surface area contributed by atoms with Crippen molar-refractivity contribution in [1.82, 2.24) is 10.2 Å². The Morgan fingerprint density at radius 3 is 2.36 bits per heavy atom. The first-order valence-electron chi connectivity index (χ1n) is 12.2. The molecule has 2 amide bonds. The Balaban J connectivity index is 1.90. The molecule has 0 saturated heterocycles. The molecule has 1 atom stereocenters. The highest BCUT2D eigenvalue weighted by atomic mass is 79.9. The fourth-order valence-corrected chi connectivity index (χ4v) is 5.85. The van der Waals surface area contributed by atoms with Gasteiger partial charge in [-0.2, -0.15) is 0 Å². The third-order valence-corrected chi connectivity index (χ3v) is 8.26. The molecule has 1 fully saturated rings. The van der Waals surface area contributed by atoms with Crippen molar-refractivity contribution in [3.63, 3.8) is 0 Å². The second-order valence-corrected chi connectivity index (χ2v) is 12.4. The summed E-state index contributed by atoms with van der Waals surface area (Å²) in [4.78, 5) is 28.6. The average molecular weight is 599 g/mol. The predicted molar refractivity (Wildman–Crippen MR) is 147 cm³/mol. The highest BCUT2D eigenvalue weighted by molar-refractivity contribution is 9.10. The van der Waals surface area contributed by atoms with Gasteiger partial charge in [0, 0.05) is 22.1 Å². The van der Waals surface area contributed by atoms with E-state index in [1.165, 1.54) is 11.3 Å². The molecule has 1 aliphatic carbocycles. The number of sulfonamides is 1. The average Bonchev–Trinajstić information content (AvgIpc) is 2.83. The number of nitrogens with one attached hydrogen (secondary N) is 1. The zero-order valence-electron chi connectivity index (χ0n) is 20.6. The fourth-order valence-electron chi connectivity index (χ4n) is 4.50. The quantitative estimate of drug-likeness (QED) is 0.411. The van der Waals surface area contributed by atoms with Gasteiger partial charge < -0.3 is 10.2 Å². The number of hydrogen-bond donors (Lipinski definition) is 1. The minimum atomic E-state index is -3.77. The van der Waals surface area contributed by atoms with Gasteiger partial charge in [0.15, 0.2) is 0 Å². The van der Waals surface area contributed by atoms with E-state index in [0.717, 1.165) is 41.8 Å². The molecule has 0 spiro atoms. The Morgan fingerprint density at radius 2 is 1.78 bits per heavy atom. The van der Waals surface area contributed by atoms with Crippen LogP contribution < -0.4 is 9.62 Å². The van der Waals surface area contributed by atoms with E-state index in [1.807, 2.05) is 6.92 Å².